The molecule has 0 radical (unpaired) electrons. The number of benzene rings is 1. The zero-order valence-corrected chi connectivity index (χ0v) is 11.9. The molecule has 1 fully saturated rings. The molecule has 1 N–H and O–H groups in total. The van der Waals surface area contributed by atoms with E-state index in [2.05, 4.69) is 24.1 Å². The number of halogens is 1. The first-order valence-electron chi connectivity index (χ1n) is 6.99. The highest BCUT2D eigenvalue weighted by molar-refractivity contribution is 5.57. The minimum atomic E-state index is -0.139. The van der Waals surface area contributed by atoms with Gasteiger partial charge in [-0.2, -0.15) is 0 Å². The van der Waals surface area contributed by atoms with Gasteiger partial charge in [0.05, 0.1) is 24.9 Å². The number of ether oxygens (including phenoxy) is 1. The van der Waals surface area contributed by atoms with Crippen molar-refractivity contribution in [3.05, 3.63) is 29.6 Å². The van der Waals surface area contributed by atoms with Gasteiger partial charge in [-0.25, -0.2) is 4.39 Å². The largest absolute Gasteiger partial charge is 0.377 e. The van der Waals surface area contributed by atoms with Crippen molar-refractivity contribution >= 4 is 5.69 Å². The van der Waals surface area contributed by atoms with E-state index in [1.54, 1.807) is 12.1 Å². The lowest BCUT2D eigenvalue weighted by atomic mass is 10.0. The highest BCUT2D eigenvalue weighted by Gasteiger charge is 2.27. The van der Waals surface area contributed by atoms with Crippen molar-refractivity contribution < 1.29 is 9.13 Å². The van der Waals surface area contributed by atoms with Gasteiger partial charge in [0, 0.05) is 12.6 Å². The van der Waals surface area contributed by atoms with Gasteiger partial charge in [0.15, 0.2) is 0 Å². The zero-order chi connectivity index (χ0) is 13.8. The van der Waals surface area contributed by atoms with Crippen molar-refractivity contribution in [3.63, 3.8) is 0 Å². The molecule has 0 aliphatic carbocycles. The fourth-order valence-corrected chi connectivity index (χ4v) is 2.63. The lowest BCUT2D eigenvalue weighted by Crippen LogP contribution is -2.46. The van der Waals surface area contributed by atoms with Crippen molar-refractivity contribution in [1.82, 2.24) is 5.32 Å². The highest BCUT2D eigenvalue weighted by Crippen LogP contribution is 2.32. The van der Waals surface area contributed by atoms with Gasteiger partial charge in [0.25, 0.3) is 0 Å². The van der Waals surface area contributed by atoms with Crippen molar-refractivity contribution in [2.45, 2.75) is 32.4 Å². The summed E-state index contributed by atoms with van der Waals surface area (Å²) >= 11 is 0. The molecule has 2 unspecified atom stereocenters. The number of para-hydroxylation sites is 1. The Labute approximate surface area is 114 Å². The molecule has 0 bridgehead atoms. The summed E-state index contributed by atoms with van der Waals surface area (Å²) in [6, 6.07) is 5.72. The SMILES string of the molecule is CCC1COCCN1c1c(F)cccc1C(C)NC. The van der Waals surface area contributed by atoms with Gasteiger partial charge in [-0.3, -0.25) is 0 Å². The third kappa shape index (κ3) is 2.90. The Hall–Kier alpha value is -1.13. The van der Waals surface area contributed by atoms with E-state index < -0.39 is 0 Å². The quantitative estimate of drug-likeness (QED) is 0.907. The molecule has 0 aromatic heterocycles. The second kappa shape index (κ2) is 6.35. The average Bonchev–Trinajstić information content (AvgIpc) is 2.46. The fraction of sp³-hybridized carbons (Fsp3) is 0.600. The molecule has 1 aromatic rings. The summed E-state index contributed by atoms with van der Waals surface area (Å²) < 4.78 is 19.8. The molecule has 19 heavy (non-hydrogen) atoms. The molecular formula is C15H23FN2O. The number of hydrogen-bond acceptors (Lipinski definition) is 3. The van der Waals surface area contributed by atoms with Crippen LogP contribution in [0.3, 0.4) is 0 Å². The lowest BCUT2D eigenvalue weighted by Gasteiger charge is -2.38. The van der Waals surface area contributed by atoms with Crippen molar-refractivity contribution in [2.75, 3.05) is 31.7 Å². The van der Waals surface area contributed by atoms with Crippen LogP contribution in [0.25, 0.3) is 0 Å². The predicted molar refractivity (Wildman–Crippen MR) is 76.1 cm³/mol. The molecule has 0 amide bonds. The number of rotatable bonds is 4. The van der Waals surface area contributed by atoms with Crippen LogP contribution in [0.1, 0.15) is 31.9 Å². The van der Waals surface area contributed by atoms with Crippen LogP contribution in [-0.4, -0.2) is 32.8 Å². The van der Waals surface area contributed by atoms with Gasteiger partial charge in [-0.1, -0.05) is 19.1 Å². The summed E-state index contributed by atoms with van der Waals surface area (Å²) in [6.07, 6.45) is 0.960. The van der Waals surface area contributed by atoms with Crippen LogP contribution in [0.5, 0.6) is 0 Å². The van der Waals surface area contributed by atoms with Gasteiger partial charge in [-0.05, 0) is 32.0 Å². The van der Waals surface area contributed by atoms with Crippen molar-refractivity contribution in [1.29, 1.82) is 0 Å². The highest BCUT2D eigenvalue weighted by atomic mass is 19.1. The predicted octanol–water partition coefficient (Wildman–Crippen LogP) is 2.72. The first-order chi connectivity index (χ1) is 9.19. The Balaban J connectivity index is 2.41. The maximum atomic E-state index is 14.3. The monoisotopic (exact) mass is 266 g/mol. The standard InChI is InChI=1S/C15H23FN2O/c1-4-12-10-19-9-8-18(12)15-13(11(2)17-3)6-5-7-14(15)16/h5-7,11-12,17H,4,8-10H2,1-3H3. The maximum absolute atomic E-state index is 14.3. The van der Waals surface area contributed by atoms with Crippen LogP contribution in [0.15, 0.2) is 18.2 Å². The number of hydrogen-bond donors (Lipinski definition) is 1. The van der Waals surface area contributed by atoms with Gasteiger partial charge in [0.1, 0.15) is 5.82 Å². The van der Waals surface area contributed by atoms with Gasteiger partial charge < -0.3 is 15.0 Å². The number of nitrogens with one attached hydrogen (secondary N) is 1. The van der Waals surface area contributed by atoms with E-state index in [9.17, 15) is 4.39 Å². The van der Waals surface area contributed by atoms with Gasteiger partial charge >= 0.3 is 0 Å². The van der Waals surface area contributed by atoms with Crippen LogP contribution < -0.4 is 10.2 Å². The van der Waals surface area contributed by atoms with Crippen LogP contribution in [0.2, 0.25) is 0 Å². The lowest BCUT2D eigenvalue weighted by molar-refractivity contribution is 0.0925. The minimum absolute atomic E-state index is 0.131. The van der Waals surface area contributed by atoms with Crippen LogP contribution in [0.4, 0.5) is 10.1 Å². The topological polar surface area (TPSA) is 24.5 Å². The second-order valence-corrected chi connectivity index (χ2v) is 5.02. The first-order valence-corrected chi connectivity index (χ1v) is 6.99. The summed E-state index contributed by atoms with van der Waals surface area (Å²) in [5.41, 5.74) is 1.75. The summed E-state index contributed by atoms with van der Waals surface area (Å²) in [5, 5.41) is 3.20. The Morgan fingerprint density at radius 3 is 3.00 bits per heavy atom. The third-order valence-corrected chi connectivity index (χ3v) is 3.90. The van der Waals surface area contributed by atoms with E-state index >= 15 is 0 Å². The smallest absolute Gasteiger partial charge is 0.146 e. The molecule has 1 saturated heterocycles. The Bertz CT molecular complexity index is 425. The molecule has 0 spiro atoms. The molecular weight excluding hydrogens is 243 g/mol. The maximum Gasteiger partial charge on any atom is 0.146 e. The first kappa shape index (κ1) is 14.3. The summed E-state index contributed by atoms with van der Waals surface area (Å²) in [6.45, 7) is 6.27. The van der Waals surface area contributed by atoms with Gasteiger partial charge in [-0.15, -0.1) is 0 Å². The van der Waals surface area contributed by atoms with Crippen molar-refractivity contribution in [2.24, 2.45) is 0 Å². The molecule has 1 aromatic carbocycles. The normalized spacial score (nSPS) is 21.5. The number of nitrogens with zero attached hydrogens (tertiary/aromatic N) is 1. The third-order valence-electron chi connectivity index (χ3n) is 3.90. The Morgan fingerprint density at radius 2 is 2.32 bits per heavy atom. The second-order valence-electron chi connectivity index (χ2n) is 5.02. The van der Waals surface area contributed by atoms with Crippen LogP contribution in [0, 0.1) is 5.82 Å². The molecule has 3 nitrogen and oxygen atoms in total. The fourth-order valence-electron chi connectivity index (χ4n) is 2.63. The molecule has 1 aliphatic heterocycles. The average molecular weight is 266 g/mol. The molecule has 0 saturated carbocycles. The van der Waals surface area contributed by atoms with E-state index in [4.69, 9.17) is 4.74 Å². The summed E-state index contributed by atoms with van der Waals surface area (Å²) in [5.74, 6) is -0.139. The van der Waals surface area contributed by atoms with Crippen LogP contribution in [-0.2, 0) is 4.74 Å². The van der Waals surface area contributed by atoms with E-state index in [0.29, 0.717) is 13.2 Å². The molecule has 1 heterocycles. The molecule has 4 heteroatoms. The van der Waals surface area contributed by atoms with Crippen molar-refractivity contribution in [3.8, 4) is 0 Å². The molecule has 106 valence electrons. The van der Waals surface area contributed by atoms with Crippen LogP contribution >= 0.6 is 0 Å². The zero-order valence-electron chi connectivity index (χ0n) is 11.9. The summed E-state index contributed by atoms with van der Waals surface area (Å²) in [7, 11) is 1.90. The minimum Gasteiger partial charge on any atom is -0.377 e. The van der Waals surface area contributed by atoms with E-state index in [1.165, 1.54) is 0 Å². The number of anilines is 1. The van der Waals surface area contributed by atoms with E-state index in [1.807, 2.05) is 13.1 Å². The molecule has 1 aliphatic rings. The molecule has 2 rings (SSSR count). The van der Waals surface area contributed by atoms with Gasteiger partial charge in [0.2, 0.25) is 0 Å². The Morgan fingerprint density at radius 1 is 1.53 bits per heavy atom. The van der Waals surface area contributed by atoms with E-state index in [0.717, 1.165) is 24.2 Å². The Kier molecular flexibility index (Phi) is 4.77. The molecule has 2 atom stereocenters. The number of morpholine rings is 1. The van der Waals surface area contributed by atoms with E-state index in [-0.39, 0.29) is 17.9 Å². The summed E-state index contributed by atoms with van der Waals surface area (Å²) in [4.78, 5) is 2.17.